The molecular formula is C10H9N5O. The fourth-order valence-electron chi connectivity index (χ4n) is 1.73. The van der Waals surface area contributed by atoms with E-state index in [1.54, 1.807) is 6.20 Å². The quantitative estimate of drug-likeness (QED) is 0.679. The van der Waals surface area contributed by atoms with E-state index in [0.29, 0.717) is 5.89 Å². The van der Waals surface area contributed by atoms with Crippen molar-refractivity contribution >= 4 is 16.7 Å². The summed E-state index contributed by atoms with van der Waals surface area (Å²) in [5.41, 5.74) is 2.55. The summed E-state index contributed by atoms with van der Waals surface area (Å²) in [6.07, 6.45) is 4.85. The van der Waals surface area contributed by atoms with Gasteiger partial charge in [-0.05, 0) is 6.07 Å². The van der Waals surface area contributed by atoms with Crippen LogP contribution in [-0.4, -0.2) is 27.2 Å². The van der Waals surface area contributed by atoms with Crippen molar-refractivity contribution < 1.29 is 4.42 Å². The van der Waals surface area contributed by atoms with Crippen molar-refractivity contribution in [1.82, 2.24) is 20.2 Å². The Bertz CT molecular complexity index is 613. The average Bonchev–Trinajstić information content (AvgIpc) is 2.97. The molecule has 0 bridgehead atoms. The highest BCUT2D eigenvalue weighted by Crippen LogP contribution is 2.31. The van der Waals surface area contributed by atoms with Gasteiger partial charge in [0.2, 0.25) is 6.39 Å². The van der Waals surface area contributed by atoms with Gasteiger partial charge in [0.25, 0.3) is 5.89 Å². The van der Waals surface area contributed by atoms with Crippen LogP contribution in [0.2, 0.25) is 0 Å². The van der Waals surface area contributed by atoms with Gasteiger partial charge in [-0.25, -0.2) is 4.98 Å². The van der Waals surface area contributed by atoms with Crippen LogP contribution in [0.1, 0.15) is 0 Å². The van der Waals surface area contributed by atoms with Crippen LogP contribution in [0, 0.1) is 0 Å². The fourth-order valence-corrected chi connectivity index (χ4v) is 1.73. The number of hydrogen-bond acceptors (Lipinski definition) is 5. The molecule has 3 rings (SSSR count). The summed E-state index contributed by atoms with van der Waals surface area (Å²) in [7, 11) is 1.85. The summed E-state index contributed by atoms with van der Waals surface area (Å²) >= 11 is 0. The molecule has 6 heteroatoms. The van der Waals surface area contributed by atoms with E-state index in [4.69, 9.17) is 4.42 Å². The van der Waals surface area contributed by atoms with Gasteiger partial charge in [-0.15, -0.1) is 10.2 Å². The van der Waals surface area contributed by atoms with Crippen LogP contribution >= 0.6 is 0 Å². The summed E-state index contributed by atoms with van der Waals surface area (Å²) in [5.74, 6) is 0.458. The lowest BCUT2D eigenvalue weighted by Crippen LogP contribution is -1.94. The van der Waals surface area contributed by atoms with Gasteiger partial charge in [-0.1, -0.05) is 0 Å². The molecule has 0 aliphatic heterocycles. The summed E-state index contributed by atoms with van der Waals surface area (Å²) in [5, 5.41) is 11.7. The number of aromatic nitrogens is 4. The standard InChI is InChI=1S/C10H9N5O/c1-11-8-6-2-3-12-9(6)13-4-7(8)10-15-14-5-16-10/h2-5H,1H3,(H2,11,12,13). The smallest absolute Gasteiger partial charge is 0.251 e. The predicted octanol–water partition coefficient (Wildman–Crippen LogP) is 1.65. The molecule has 3 heterocycles. The Morgan fingerprint density at radius 2 is 2.38 bits per heavy atom. The van der Waals surface area contributed by atoms with Crippen LogP contribution < -0.4 is 5.32 Å². The van der Waals surface area contributed by atoms with Gasteiger partial charge in [0.05, 0.1) is 11.3 Å². The maximum Gasteiger partial charge on any atom is 0.251 e. The molecule has 0 saturated carbocycles. The van der Waals surface area contributed by atoms with E-state index in [-0.39, 0.29) is 0 Å². The Hall–Kier alpha value is -2.37. The van der Waals surface area contributed by atoms with Gasteiger partial charge in [-0.2, -0.15) is 0 Å². The van der Waals surface area contributed by atoms with Crippen LogP contribution in [0.5, 0.6) is 0 Å². The molecule has 0 aliphatic carbocycles. The molecule has 0 radical (unpaired) electrons. The Balaban J connectivity index is 2.32. The van der Waals surface area contributed by atoms with Gasteiger partial charge >= 0.3 is 0 Å². The second-order valence-corrected chi connectivity index (χ2v) is 3.28. The van der Waals surface area contributed by atoms with E-state index in [9.17, 15) is 0 Å². The molecule has 2 N–H and O–H groups in total. The topological polar surface area (TPSA) is 79.6 Å². The third-order valence-corrected chi connectivity index (χ3v) is 2.43. The number of fused-ring (bicyclic) bond motifs is 1. The Morgan fingerprint density at radius 1 is 1.44 bits per heavy atom. The fraction of sp³-hybridized carbons (Fsp3) is 0.100. The zero-order valence-electron chi connectivity index (χ0n) is 8.56. The molecule has 3 aromatic rings. The zero-order valence-corrected chi connectivity index (χ0v) is 8.56. The molecule has 6 nitrogen and oxygen atoms in total. The Kier molecular flexibility index (Phi) is 1.86. The first kappa shape index (κ1) is 8.90. The maximum atomic E-state index is 5.18. The Labute approximate surface area is 90.7 Å². The maximum absolute atomic E-state index is 5.18. The van der Waals surface area contributed by atoms with Crippen molar-refractivity contribution in [3.05, 3.63) is 24.9 Å². The lowest BCUT2D eigenvalue weighted by atomic mass is 10.2. The first-order valence-corrected chi connectivity index (χ1v) is 4.80. The van der Waals surface area contributed by atoms with Crippen molar-refractivity contribution in [3.8, 4) is 11.5 Å². The molecule has 0 aliphatic rings. The number of anilines is 1. The highest BCUT2D eigenvalue weighted by Gasteiger charge is 2.13. The van der Waals surface area contributed by atoms with Crippen LogP contribution in [0.4, 0.5) is 5.69 Å². The van der Waals surface area contributed by atoms with E-state index in [1.807, 2.05) is 19.3 Å². The number of H-pyrrole nitrogens is 1. The molecule has 16 heavy (non-hydrogen) atoms. The lowest BCUT2D eigenvalue weighted by molar-refractivity contribution is 0.568. The van der Waals surface area contributed by atoms with Crippen molar-refractivity contribution in [2.75, 3.05) is 12.4 Å². The van der Waals surface area contributed by atoms with E-state index in [1.165, 1.54) is 6.39 Å². The predicted molar refractivity (Wildman–Crippen MR) is 58.9 cm³/mol. The van der Waals surface area contributed by atoms with Gasteiger partial charge in [-0.3, -0.25) is 0 Å². The van der Waals surface area contributed by atoms with Crippen LogP contribution in [-0.2, 0) is 0 Å². The van der Waals surface area contributed by atoms with Crippen molar-refractivity contribution in [3.63, 3.8) is 0 Å². The molecule has 80 valence electrons. The molecule has 0 amide bonds. The van der Waals surface area contributed by atoms with Crippen molar-refractivity contribution in [1.29, 1.82) is 0 Å². The second-order valence-electron chi connectivity index (χ2n) is 3.28. The third kappa shape index (κ3) is 1.16. The minimum atomic E-state index is 0.458. The zero-order chi connectivity index (χ0) is 11.0. The third-order valence-electron chi connectivity index (χ3n) is 2.43. The normalized spacial score (nSPS) is 10.8. The largest absolute Gasteiger partial charge is 0.423 e. The van der Waals surface area contributed by atoms with Gasteiger partial charge in [0.15, 0.2) is 0 Å². The first-order valence-electron chi connectivity index (χ1n) is 4.80. The molecule has 3 aromatic heterocycles. The van der Waals surface area contributed by atoms with E-state index < -0.39 is 0 Å². The van der Waals surface area contributed by atoms with E-state index in [0.717, 1.165) is 22.3 Å². The summed E-state index contributed by atoms with van der Waals surface area (Å²) < 4.78 is 5.18. The lowest BCUT2D eigenvalue weighted by Gasteiger charge is -2.06. The minimum absolute atomic E-state index is 0.458. The summed E-state index contributed by atoms with van der Waals surface area (Å²) in [6, 6.07) is 1.95. The Morgan fingerprint density at radius 3 is 3.12 bits per heavy atom. The van der Waals surface area contributed by atoms with Crippen molar-refractivity contribution in [2.45, 2.75) is 0 Å². The highest BCUT2D eigenvalue weighted by atomic mass is 16.4. The van der Waals surface area contributed by atoms with Crippen LogP contribution in [0.3, 0.4) is 0 Å². The van der Waals surface area contributed by atoms with Crippen LogP contribution in [0.15, 0.2) is 29.3 Å². The SMILES string of the molecule is CNc1c(-c2nnco2)cnc2[nH]ccc12. The van der Waals surface area contributed by atoms with E-state index >= 15 is 0 Å². The van der Waals surface area contributed by atoms with Gasteiger partial charge < -0.3 is 14.7 Å². The van der Waals surface area contributed by atoms with E-state index in [2.05, 4.69) is 25.5 Å². The number of pyridine rings is 1. The molecule has 0 fully saturated rings. The highest BCUT2D eigenvalue weighted by molar-refractivity contribution is 5.96. The first-order chi connectivity index (χ1) is 7.90. The number of nitrogens with zero attached hydrogens (tertiary/aromatic N) is 3. The molecule has 0 atom stereocenters. The molecule has 0 aromatic carbocycles. The number of aromatic amines is 1. The molecular weight excluding hydrogens is 206 g/mol. The number of hydrogen-bond donors (Lipinski definition) is 2. The van der Waals surface area contributed by atoms with Gasteiger partial charge in [0.1, 0.15) is 5.65 Å². The number of rotatable bonds is 2. The second kappa shape index (κ2) is 3.34. The summed E-state index contributed by atoms with van der Waals surface area (Å²) in [4.78, 5) is 7.33. The summed E-state index contributed by atoms with van der Waals surface area (Å²) in [6.45, 7) is 0. The van der Waals surface area contributed by atoms with Gasteiger partial charge in [0, 0.05) is 24.8 Å². The van der Waals surface area contributed by atoms with Crippen molar-refractivity contribution in [2.24, 2.45) is 0 Å². The number of nitrogens with one attached hydrogen (secondary N) is 2. The molecule has 0 spiro atoms. The molecule has 0 saturated heterocycles. The molecule has 0 unspecified atom stereocenters. The minimum Gasteiger partial charge on any atom is -0.423 e. The monoisotopic (exact) mass is 215 g/mol. The average molecular weight is 215 g/mol. The van der Waals surface area contributed by atoms with Crippen LogP contribution in [0.25, 0.3) is 22.5 Å².